The van der Waals surface area contributed by atoms with Crippen LogP contribution in [0.25, 0.3) is 0 Å². The Morgan fingerprint density at radius 2 is 0.661 bits per heavy atom. The van der Waals surface area contributed by atoms with Gasteiger partial charge in [-0.1, -0.05) is 183 Å². The van der Waals surface area contributed by atoms with Crippen molar-refractivity contribution >= 4 is 17.9 Å². The van der Waals surface area contributed by atoms with E-state index in [1.807, 2.05) is 0 Å². The molecule has 0 aromatic heterocycles. The smallest absolute Gasteiger partial charge is 0.306 e. The van der Waals surface area contributed by atoms with E-state index in [-0.39, 0.29) is 37.5 Å². The molecule has 0 aromatic carbocycles. The van der Waals surface area contributed by atoms with Gasteiger partial charge in [-0.05, 0) is 96.3 Å². The van der Waals surface area contributed by atoms with E-state index in [4.69, 9.17) is 14.2 Å². The second-order valence-electron chi connectivity index (χ2n) is 15.6. The highest BCUT2D eigenvalue weighted by Gasteiger charge is 2.19. The standard InChI is InChI=1S/C53H88O6/c1-4-7-10-13-16-19-21-23-25-26-28-29-31-34-37-40-43-46-52(55)58-49-50(48-57-51(54)45-42-39-36-33-18-15-12-9-6-3)59-53(56)47-44-41-38-35-32-30-27-24-22-20-17-14-11-8-5-2/h8,11,16-17,19-20,23-25,27-29,32,35,50H,4-7,9-10,12-15,18,21-22,26,30-31,33-34,36-49H2,1-3H3/b11-8-,19-16-,20-17-,25-23-,27-24-,29-28-,35-32-/t50-/m1/s1. The van der Waals surface area contributed by atoms with E-state index in [9.17, 15) is 14.4 Å². The zero-order valence-corrected chi connectivity index (χ0v) is 38.2. The van der Waals surface area contributed by atoms with Crippen molar-refractivity contribution in [1.82, 2.24) is 0 Å². The van der Waals surface area contributed by atoms with Crippen molar-refractivity contribution in [3.8, 4) is 0 Å². The number of esters is 3. The van der Waals surface area contributed by atoms with Crippen LogP contribution in [0.4, 0.5) is 0 Å². The number of carbonyl (C=O) groups excluding carboxylic acids is 3. The lowest BCUT2D eigenvalue weighted by Crippen LogP contribution is -2.30. The number of unbranched alkanes of at least 4 members (excludes halogenated alkanes) is 17. The van der Waals surface area contributed by atoms with E-state index in [1.54, 1.807) is 0 Å². The molecule has 6 nitrogen and oxygen atoms in total. The van der Waals surface area contributed by atoms with Gasteiger partial charge in [0.05, 0.1) is 0 Å². The Bertz CT molecular complexity index is 1170. The molecule has 0 aliphatic heterocycles. The summed E-state index contributed by atoms with van der Waals surface area (Å²) in [7, 11) is 0. The van der Waals surface area contributed by atoms with Gasteiger partial charge in [-0.15, -0.1) is 0 Å². The maximum atomic E-state index is 12.7. The third-order valence-electron chi connectivity index (χ3n) is 9.88. The van der Waals surface area contributed by atoms with Crippen LogP contribution >= 0.6 is 0 Å². The summed E-state index contributed by atoms with van der Waals surface area (Å²) in [6.07, 6.45) is 60.0. The predicted molar refractivity (Wildman–Crippen MR) is 251 cm³/mol. The summed E-state index contributed by atoms with van der Waals surface area (Å²) in [5.74, 6) is -0.973. The number of ether oxygens (including phenoxy) is 3. The molecule has 0 aromatic rings. The maximum absolute atomic E-state index is 12.7. The minimum absolute atomic E-state index is 0.100. The van der Waals surface area contributed by atoms with Gasteiger partial charge in [-0.2, -0.15) is 0 Å². The molecule has 0 saturated heterocycles. The monoisotopic (exact) mass is 821 g/mol. The van der Waals surface area contributed by atoms with Gasteiger partial charge in [0, 0.05) is 19.3 Å². The highest BCUT2D eigenvalue weighted by atomic mass is 16.6. The summed E-state index contributed by atoms with van der Waals surface area (Å²) in [6.45, 7) is 6.40. The average Bonchev–Trinajstić information content (AvgIpc) is 3.23. The highest BCUT2D eigenvalue weighted by molar-refractivity contribution is 5.71. The zero-order chi connectivity index (χ0) is 43.0. The maximum Gasteiger partial charge on any atom is 0.306 e. The molecule has 0 fully saturated rings. The summed E-state index contributed by atoms with van der Waals surface area (Å²) in [4.78, 5) is 37.8. The SMILES string of the molecule is CC/C=C\C/C=C\C/C=C\C/C=C\CCCCC(=O)O[C@@H](COC(=O)CCCCCC/C=C\C/C=C\C/C=C\CCCCC)COC(=O)CCCCCCCCCCC. The lowest BCUT2D eigenvalue weighted by atomic mass is 10.1. The minimum Gasteiger partial charge on any atom is -0.462 e. The Labute approximate surface area is 363 Å². The quantitative estimate of drug-likeness (QED) is 0.0264. The topological polar surface area (TPSA) is 78.9 Å². The number of hydrogen-bond donors (Lipinski definition) is 0. The molecule has 0 bridgehead atoms. The lowest BCUT2D eigenvalue weighted by Gasteiger charge is -2.18. The van der Waals surface area contributed by atoms with Crippen molar-refractivity contribution in [3.05, 3.63) is 85.1 Å². The Kier molecular flexibility index (Phi) is 44.5. The zero-order valence-electron chi connectivity index (χ0n) is 38.2. The van der Waals surface area contributed by atoms with Crippen molar-refractivity contribution < 1.29 is 28.6 Å². The van der Waals surface area contributed by atoms with Crippen LogP contribution in [0.2, 0.25) is 0 Å². The van der Waals surface area contributed by atoms with Crippen LogP contribution in [-0.2, 0) is 28.6 Å². The van der Waals surface area contributed by atoms with Crippen LogP contribution in [0, 0.1) is 0 Å². The second-order valence-corrected chi connectivity index (χ2v) is 15.6. The number of carbonyl (C=O) groups is 3. The fourth-order valence-corrected chi connectivity index (χ4v) is 6.26. The van der Waals surface area contributed by atoms with E-state index in [0.29, 0.717) is 19.3 Å². The van der Waals surface area contributed by atoms with Crippen LogP contribution in [0.15, 0.2) is 85.1 Å². The summed E-state index contributed by atoms with van der Waals surface area (Å²) in [5.41, 5.74) is 0. The molecule has 0 heterocycles. The molecule has 0 unspecified atom stereocenters. The number of hydrogen-bond acceptors (Lipinski definition) is 6. The van der Waals surface area contributed by atoms with Crippen LogP contribution in [0.3, 0.4) is 0 Å². The van der Waals surface area contributed by atoms with Gasteiger partial charge >= 0.3 is 17.9 Å². The van der Waals surface area contributed by atoms with E-state index in [1.165, 1.54) is 64.2 Å². The van der Waals surface area contributed by atoms with E-state index < -0.39 is 6.10 Å². The molecule has 6 heteroatoms. The normalized spacial score (nSPS) is 12.8. The van der Waals surface area contributed by atoms with Crippen molar-refractivity contribution in [1.29, 1.82) is 0 Å². The van der Waals surface area contributed by atoms with Gasteiger partial charge in [0.25, 0.3) is 0 Å². The minimum atomic E-state index is -0.804. The van der Waals surface area contributed by atoms with Crippen LogP contribution in [0.1, 0.15) is 213 Å². The number of allylic oxidation sites excluding steroid dienone is 14. The molecule has 0 amide bonds. The molecule has 0 spiro atoms. The van der Waals surface area contributed by atoms with Gasteiger partial charge in [0.15, 0.2) is 6.10 Å². The van der Waals surface area contributed by atoms with Gasteiger partial charge in [-0.25, -0.2) is 0 Å². The van der Waals surface area contributed by atoms with E-state index in [0.717, 1.165) is 103 Å². The van der Waals surface area contributed by atoms with Gasteiger partial charge in [0.1, 0.15) is 13.2 Å². The summed E-state index contributed by atoms with van der Waals surface area (Å²) in [6, 6.07) is 0. The first-order valence-corrected chi connectivity index (χ1v) is 24.1. The molecule has 0 saturated carbocycles. The fraction of sp³-hybridized carbons (Fsp3) is 0.679. The van der Waals surface area contributed by atoms with Gasteiger partial charge in [-0.3, -0.25) is 14.4 Å². The van der Waals surface area contributed by atoms with E-state index >= 15 is 0 Å². The molecular formula is C53H88O6. The summed E-state index contributed by atoms with van der Waals surface area (Å²) < 4.78 is 16.7. The molecule has 0 rings (SSSR count). The highest BCUT2D eigenvalue weighted by Crippen LogP contribution is 2.13. The fourth-order valence-electron chi connectivity index (χ4n) is 6.26. The molecule has 0 radical (unpaired) electrons. The van der Waals surface area contributed by atoms with Crippen LogP contribution in [-0.4, -0.2) is 37.2 Å². The van der Waals surface area contributed by atoms with Crippen LogP contribution < -0.4 is 0 Å². The Morgan fingerprint density at radius 1 is 0.356 bits per heavy atom. The molecule has 0 aliphatic rings. The second kappa shape index (κ2) is 47.3. The van der Waals surface area contributed by atoms with E-state index in [2.05, 4.69) is 106 Å². The molecule has 0 N–H and O–H groups in total. The van der Waals surface area contributed by atoms with Crippen molar-refractivity contribution in [2.24, 2.45) is 0 Å². The van der Waals surface area contributed by atoms with Gasteiger partial charge in [0.2, 0.25) is 0 Å². The first-order valence-electron chi connectivity index (χ1n) is 24.1. The summed E-state index contributed by atoms with van der Waals surface area (Å²) >= 11 is 0. The molecular weight excluding hydrogens is 733 g/mol. The third kappa shape index (κ3) is 45.5. The van der Waals surface area contributed by atoms with Gasteiger partial charge < -0.3 is 14.2 Å². The predicted octanol–water partition coefficient (Wildman–Crippen LogP) is 15.6. The Hall–Kier alpha value is -3.41. The van der Waals surface area contributed by atoms with Crippen molar-refractivity contribution in [3.63, 3.8) is 0 Å². The first kappa shape index (κ1) is 55.6. The Morgan fingerprint density at radius 3 is 1.10 bits per heavy atom. The third-order valence-corrected chi connectivity index (χ3v) is 9.88. The molecule has 59 heavy (non-hydrogen) atoms. The van der Waals surface area contributed by atoms with Crippen molar-refractivity contribution in [2.75, 3.05) is 13.2 Å². The summed E-state index contributed by atoms with van der Waals surface area (Å²) in [5, 5.41) is 0. The Balaban J connectivity index is 4.47. The average molecular weight is 821 g/mol. The molecule has 1 atom stereocenters. The van der Waals surface area contributed by atoms with Crippen molar-refractivity contribution in [2.45, 2.75) is 219 Å². The lowest BCUT2D eigenvalue weighted by molar-refractivity contribution is -0.167. The van der Waals surface area contributed by atoms with Crippen LogP contribution in [0.5, 0.6) is 0 Å². The molecule has 0 aliphatic carbocycles. The first-order chi connectivity index (χ1) is 29.0. The number of rotatable bonds is 42. The largest absolute Gasteiger partial charge is 0.462 e. The molecule has 336 valence electrons.